The summed E-state index contributed by atoms with van der Waals surface area (Å²) in [5.74, 6) is -0.989. The maximum Gasteiger partial charge on any atom is 0.305 e. The third kappa shape index (κ3) is 32.7. The van der Waals surface area contributed by atoms with E-state index in [0.29, 0.717) is 12.8 Å². The molecule has 8 nitrogen and oxygen atoms in total. The number of aliphatic hydroxyl groups is 3. The number of carbonyl (C=O) groups is 2. The highest BCUT2D eigenvalue weighted by Gasteiger charge is 2.39. The van der Waals surface area contributed by atoms with Gasteiger partial charge < -0.3 is 29.9 Å². The van der Waals surface area contributed by atoms with E-state index < -0.39 is 30.4 Å². The lowest BCUT2D eigenvalue weighted by atomic mass is 10.0. The highest BCUT2D eigenvalue weighted by Crippen LogP contribution is 2.19. The first-order chi connectivity index (χ1) is 24.3. The molecule has 4 atom stereocenters. The quantitative estimate of drug-likeness (QED) is 0.0376. The van der Waals surface area contributed by atoms with Crippen LogP contribution in [0.4, 0.5) is 0 Å². The first-order valence-electron chi connectivity index (χ1n) is 21.4. The second-order valence-corrected chi connectivity index (χ2v) is 14.9. The summed E-state index contributed by atoms with van der Waals surface area (Å²) in [7, 11) is 0. The molecule has 1 saturated heterocycles. The van der Waals surface area contributed by atoms with Crippen molar-refractivity contribution >= 4 is 11.9 Å². The van der Waals surface area contributed by atoms with Gasteiger partial charge in [-0.05, 0) is 12.8 Å². The Morgan fingerprint density at radius 3 is 1.18 bits per heavy atom. The van der Waals surface area contributed by atoms with Crippen molar-refractivity contribution in [2.45, 2.75) is 244 Å². The minimum absolute atomic E-state index is 0.0179. The normalized spacial score (nSPS) is 17.7. The Morgan fingerprint density at radius 1 is 0.560 bits per heavy atom. The van der Waals surface area contributed by atoms with Crippen molar-refractivity contribution in [3.05, 3.63) is 0 Å². The summed E-state index contributed by atoms with van der Waals surface area (Å²) in [6, 6.07) is 0. The first-order valence-corrected chi connectivity index (χ1v) is 21.4. The summed E-state index contributed by atoms with van der Waals surface area (Å²) in [6.07, 6.45) is 35.6. The number of hydrogen-bond acceptors (Lipinski definition) is 7. The SMILES string of the molecule is CCCCCCCCCCCCCCCCCC(=O)O.CCCCCCCCCCCCCCCCCC(=O)OC[C@@H](O)[C@H]1OC[C@H](O)[C@H]1O. The molecule has 0 radical (unpaired) electrons. The summed E-state index contributed by atoms with van der Waals surface area (Å²) in [5.41, 5.74) is 0. The predicted octanol–water partition coefficient (Wildman–Crippen LogP) is 10.6. The number of esters is 1. The number of ether oxygens (including phenoxy) is 2. The molecule has 0 aromatic carbocycles. The summed E-state index contributed by atoms with van der Waals surface area (Å²) in [5, 5.41) is 37.5. The van der Waals surface area contributed by atoms with Crippen LogP contribution in [0.1, 0.15) is 219 Å². The lowest BCUT2D eigenvalue weighted by Crippen LogP contribution is -2.41. The minimum Gasteiger partial charge on any atom is -0.481 e. The number of rotatable bonds is 35. The molecule has 298 valence electrons. The molecule has 0 amide bonds. The second kappa shape index (κ2) is 37.5. The standard InChI is InChI=1S/C24H46O6.C18H36O2/c1-2-3-4-5-6-7-8-9-10-11-12-13-14-15-16-17-22(27)29-19-21(26)24-23(28)20(25)18-30-24;1-2-3-4-5-6-7-8-9-10-11-12-13-14-15-16-17-18(19)20/h20-21,23-26,28H,2-19H2,1H3;2-17H2,1H3,(H,19,20)/t20-,21+,23+,24+;/m0./s1. The number of unbranched alkanes of at least 4 members (excludes halogenated alkanes) is 28. The number of hydrogen-bond donors (Lipinski definition) is 4. The maximum absolute atomic E-state index is 11.8. The molecule has 0 aromatic rings. The van der Waals surface area contributed by atoms with Gasteiger partial charge in [0.1, 0.15) is 31.0 Å². The molecule has 0 saturated carbocycles. The van der Waals surface area contributed by atoms with Crippen LogP contribution in [-0.2, 0) is 19.1 Å². The molecular formula is C42H82O8. The Balaban J connectivity index is 0.00000105. The van der Waals surface area contributed by atoms with Gasteiger partial charge in [0.25, 0.3) is 0 Å². The topological polar surface area (TPSA) is 134 Å². The van der Waals surface area contributed by atoms with E-state index in [1.807, 2.05) is 0 Å². The summed E-state index contributed by atoms with van der Waals surface area (Å²) in [6.45, 7) is 4.30. The van der Waals surface area contributed by atoms with E-state index in [-0.39, 0.29) is 19.2 Å². The monoisotopic (exact) mass is 715 g/mol. The van der Waals surface area contributed by atoms with E-state index >= 15 is 0 Å². The molecule has 8 heteroatoms. The zero-order valence-corrected chi connectivity index (χ0v) is 32.8. The maximum atomic E-state index is 11.8. The predicted molar refractivity (Wildman–Crippen MR) is 205 cm³/mol. The van der Waals surface area contributed by atoms with E-state index in [9.17, 15) is 24.9 Å². The number of aliphatic carboxylic acids is 1. The van der Waals surface area contributed by atoms with E-state index in [1.54, 1.807) is 0 Å². The van der Waals surface area contributed by atoms with Crippen LogP contribution in [0.15, 0.2) is 0 Å². The van der Waals surface area contributed by atoms with Crippen LogP contribution in [0.3, 0.4) is 0 Å². The van der Waals surface area contributed by atoms with Gasteiger partial charge in [0.05, 0.1) is 6.61 Å². The van der Waals surface area contributed by atoms with Crippen LogP contribution in [0.2, 0.25) is 0 Å². The molecule has 0 aliphatic carbocycles. The van der Waals surface area contributed by atoms with Crippen molar-refractivity contribution in [1.29, 1.82) is 0 Å². The van der Waals surface area contributed by atoms with Gasteiger partial charge in [0, 0.05) is 12.8 Å². The van der Waals surface area contributed by atoms with Crippen LogP contribution in [0.5, 0.6) is 0 Å². The Bertz CT molecular complexity index is 733. The molecule has 50 heavy (non-hydrogen) atoms. The molecule has 1 heterocycles. The smallest absolute Gasteiger partial charge is 0.305 e. The van der Waals surface area contributed by atoms with E-state index in [2.05, 4.69) is 13.8 Å². The van der Waals surface area contributed by atoms with E-state index in [4.69, 9.17) is 14.6 Å². The second-order valence-electron chi connectivity index (χ2n) is 14.9. The highest BCUT2D eigenvalue weighted by atomic mass is 16.6. The van der Waals surface area contributed by atoms with Gasteiger partial charge in [-0.1, -0.05) is 194 Å². The summed E-state index contributed by atoms with van der Waals surface area (Å²) >= 11 is 0. The van der Waals surface area contributed by atoms with Crippen LogP contribution in [-0.4, -0.2) is 70.0 Å². The third-order valence-electron chi connectivity index (χ3n) is 9.96. The largest absolute Gasteiger partial charge is 0.481 e. The third-order valence-corrected chi connectivity index (χ3v) is 9.96. The fourth-order valence-corrected chi connectivity index (χ4v) is 6.60. The Morgan fingerprint density at radius 2 is 0.880 bits per heavy atom. The van der Waals surface area contributed by atoms with Gasteiger partial charge in [0.2, 0.25) is 0 Å². The van der Waals surface area contributed by atoms with Crippen LogP contribution in [0, 0.1) is 0 Å². The Kier molecular flexibility index (Phi) is 36.6. The van der Waals surface area contributed by atoms with Gasteiger partial charge in [0.15, 0.2) is 0 Å². The van der Waals surface area contributed by atoms with Crippen molar-refractivity contribution in [2.24, 2.45) is 0 Å². The molecule has 1 aliphatic heterocycles. The average Bonchev–Trinajstić information content (AvgIpc) is 3.44. The zero-order chi connectivity index (χ0) is 36.9. The molecule has 1 rings (SSSR count). The Labute approximate surface area is 307 Å². The van der Waals surface area contributed by atoms with Gasteiger partial charge in [-0.3, -0.25) is 9.59 Å². The number of carboxylic acids is 1. The lowest BCUT2D eigenvalue weighted by Gasteiger charge is -2.20. The van der Waals surface area contributed by atoms with Gasteiger partial charge >= 0.3 is 11.9 Å². The van der Waals surface area contributed by atoms with E-state index in [1.165, 1.54) is 161 Å². The van der Waals surface area contributed by atoms with Crippen molar-refractivity contribution in [3.63, 3.8) is 0 Å². The summed E-state index contributed by atoms with van der Waals surface area (Å²) in [4.78, 5) is 22.1. The first kappa shape index (κ1) is 48.8. The molecular weight excluding hydrogens is 632 g/mol. The Hall–Kier alpha value is -1.22. The molecule has 1 aliphatic rings. The summed E-state index contributed by atoms with van der Waals surface area (Å²) < 4.78 is 10.2. The van der Waals surface area contributed by atoms with Crippen molar-refractivity contribution in [1.82, 2.24) is 0 Å². The minimum atomic E-state index is -1.14. The van der Waals surface area contributed by atoms with Crippen LogP contribution < -0.4 is 0 Å². The van der Waals surface area contributed by atoms with Crippen LogP contribution >= 0.6 is 0 Å². The zero-order valence-electron chi connectivity index (χ0n) is 32.8. The van der Waals surface area contributed by atoms with Crippen molar-refractivity contribution in [2.75, 3.05) is 13.2 Å². The molecule has 0 spiro atoms. The lowest BCUT2D eigenvalue weighted by molar-refractivity contribution is -0.151. The van der Waals surface area contributed by atoms with Crippen molar-refractivity contribution < 1.29 is 39.5 Å². The van der Waals surface area contributed by atoms with Gasteiger partial charge in [-0.25, -0.2) is 0 Å². The molecule has 0 bridgehead atoms. The number of carbonyl (C=O) groups excluding carboxylic acids is 1. The highest BCUT2D eigenvalue weighted by molar-refractivity contribution is 5.69. The molecule has 4 N–H and O–H groups in total. The van der Waals surface area contributed by atoms with Gasteiger partial charge in [-0.2, -0.15) is 0 Å². The fraction of sp³-hybridized carbons (Fsp3) is 0.952. The van der Waals surface area contributed by atoms with E-state index in [0.717, 1.165) is 32.1 Å². The molecule has 0 aromatic heterocycles. The van der Waals surface area contributed by atoms with Crippen molar-refractivity contribution in [3.8, 4) is 0 Å². The molecule has 1 fully saturated rings. The fourth-order valence-electron chi connectivity index (χ4n) is 6.60. The average molecular weight is 715 g/mol. The number of aliphatic hydroxyl groups excluding tert-OH is 3. The van der Waals surface area contributed by atoms with Gasteiger partial charge in [-0.15, -0.1) is 0 Å². The molecule has 0 unspecified atom stereocenters. The van der Waals surface area contributed by atoms with Crippen LogP contribution in [0.25, 0.3) is 0 Å². The number of carboxylic acid groups (broad SMARTS) is 1.